The lowest BCUT2D eigenvalue weighted by Crippen LogP contribution is -2.34. The smallest absolute Gasteiger partial charge is 0.282 e. The Hall–Kier alpha value is -2.01. The van der Waals surface area contributed by atoms with Crippen LogP contribution in [-0.4, -0.2) is 29.8 Å². The standard InChI is InChI=1S/C20H15Cl3N2O2/c21-12-3-6-14(7-4-12)25-19(26)17(15-8-5-13(22)11-16(15)23)18(20(25)27)24-9-1-2-10-24/h3-8,11H,1-2,9-10H2. The third-order valence-corrected chi connectivity index (χ3v) is 5.57. The topological polar surface area (TPSA) is 40.6 Å². The van der Waals surface area contributed by atoms with Crippen molar-refractivity contribution in [3.63, 3.8) is 0 Å². The van der Waals surface area contributed by atoms with E-state index >= 15 is 0 Å². The Bertz CT molecular complexity index is 964. The number of hydrogen-bond donors (Lipinski definition) is 0. The van der Waals surface area contributed by atoms with E-state index in [1.54, 1.807) is 42.5 Å². The lowest BCUT2D eigenvalue weighted by atomic mass is 10.0. The molecule has 0 N–H and O–H groups in total. The van der Waals surface area contributed by atoms with Gasteiger partial charge < -0.3 is 4.90 Å². The van der Waals surface area contributed by atoms with E-state index in [1.807, 2.05) is 4.90 Å². The number of amides is 2. The summed E-state index contributed by atoms with van der Waals surface area (Å²) >= 11 is 18.3. The molecule has 138 valence electrons. The number of carbonyl (C=O) groups excluding carboxylic acids is 2. The van der Waals surface area contributed by atoms with Gasteiger partial charge in [0.05, 0.1) is 16.3 Å². The molecule has 1 saturated heterocycles. The minimum atomic E-state index is -0.395. The molecule has 0 bridgehead atoms. The molecule has 0 radical (unpaired) electrons. The molecule has 27 heavy (non-hydrogen) atoms. The molecule has 0 spiro atoms. The van der Waals surface area contributed by atoms with Gasteiger partial charge in [-0.15, -0.1) is 0 Å². The molecule has 0 saturated carbocycles. The Morgan fingerprint density at radius 3 is 2.04 bits per heavy atom. The van der Waals surface area contributed by atoms with Gasteiger partial charge in [-0.3, -0.25) is 9.59 Å². The number of rotatable bonds is 3. The fraction of sp³-hybridized carbons (Fsp3) is 0.200. The molecule has 2 aliphatic heterocycles. The second-order valence-electron chi connectivity index (χ2n) is 6.46. The van der Waals surface area contributed by atoms with Crippen LogP contribution in [0.5, 0.6) is 0 Å². The Morgan fingerprint density at radius 2 is 1.41 bits per heavy atom. The van der Waals surface area contributed by atoms with Gasteiger partial charge in [0.2, 0.25) is 0 Å². The first kappa shape index (κ1) is 18.4. The summed E-state index contributed by atoms with van der Waals surface area (Å²) in [5.74, 6) is -0.737. The maximum Gasteiger partial charge on any atom is 0.282 e. The summed E-state index contributed by atoms with van der Waals surface area (Å²) in [6, 6.07) is 11.6. The molecule has 4 rings (SSSR count). The van der Waals surface area contributed by atoms with E-state index in [0.29, 0.717) is 37.6 Å². The summed E-state index contributed by atoms with van der Waals surface area (Å²) in [5.41, 5.74) is 1.71. The van der Waals surface area contributed by atoms with Gasteiger partial charge in [-0.05, 0) is 49.2 Å². The molecule has 0 atom stereocenters. The maximum absolute atomic E-state index is 13.3. The van der Waals surface area contributed by atoms with Gasteiger partial charge in [0.25, 0.3) is 11.8 Å². The van der Waals surface area contributed by atoms with Crippen LogP contribution in [0.3, 0.4) is 0 Å². The maximum atomic E-state index is 13.3. The molecular formula is C20H15Cl3N2O2. The third kappa shape index (κ3) is 3.22. The highest BCUT2D eigenvalue weighted by Crippen LogP contribution is 2.39. The molecule has 0 aromatic heterocycles. The molecule has 2 heterocycles. The zero-order valence-corrected chi connectivity index (χ0v) is 16.5. The van der Waals surface area contributed by atoms with Crippen molar-refractivity contribution < 1.29 is 9.59 Å². The minimum absolute atomic E-state index is 0.318. The van der Waals surface area contributed by atoms with Crippen molar-refractivity contribution in [1.29, 1.82) is 0 Å². The third-order valence-electron chi connectivity index (χ3n) is 4.77. The lowest BCUT2D eigenvalue weighted by molar-refractivity contribution is -0.120. The summed E-state index contributed by atoms with van der Waals surface area (Å²) in [6.45, 7) is 1.47. The Balaban J connectivity index is 1.86. The predicted molar refractivity (Wildman–Crippen MR) is 108 cm³/mol. The quantitative estimate of drug-likeness (QED) is 0.653. The first-order chi connectivity index (χ1) is 13.0. The van der Waals surface area contributed by atoms with Crippen LogP contribution >= 0.6 is 34.8 Å². The Labute approximate surface area is 171 Å². The molecule has 0 unspecified atom stereocenters. The van der Waals surface area contributed by atoms with Crippen LogP contribution < -0.4 is 4.90 Å². The Morgan fingerprint density at radius 1 is 0.778 bits per heavy atom. The lowest BCUT2D eigenvalue weighted by Gasteiger charge is -2.20. The first-order valence-corrected chi connectivity index (χ1v) is 9.70. The van der Waals surface area contributed by atoms with Gasteiger partial charge in [0.1, 0.15) is 5.70 Å². The van der Waals surface area contributed by atoms with E-state index in [1.165, 1.54) is 4.90 Å². The minimum Gasteiger partial charge on any atom is -0.366 e. The number of carbonyl (C=O) groups is 2. The zero-order chi connectivity index (χ0) is 19.1. The highest BCUT2D eigenvalue weighted by atomic mass is 35.5. The monoisotopic (exact) mass is 420 g/mol. The van der Waals surface area contributed by atoms with Crippen LogP contribution in [0.25, 0.3) is 5.57 Å². The fourth-order valence-electron chi connectivity index (χ4n) is 3.51. The number of anilines is 1. The average molecular weight is 422 g/mol. The van der Waals surface area contributed by atoms with Crippen LogP contribution in [0.1, 0.15) is 18.4 Å². The molecule has 2 aliphatic rings. The van der Waals surface area contributed by atoms with Crippen molar-refractivity contribution in [3.8, 4) is 0 Å². The molecular weight excluding hydrogens is 407 g/mol. The van der Waals surface area contributed by atoms with Crippen molar-refractivity contribution in [2.24, 2.45) is 0 Å². The molecule has 2 aromatic carbocycles. The van der Waals surface area contributed by atoms with E-state index in [4.69, 9.17) is 34.8 Å². The summed E-state index contributed by atoms with van der Waals surface area (Å²) in [7, 11) is 0. The van der Waals surface area contributed by atoms with Crippen LogP contribution in [0, 0.1) is 0 Å². The number of imide groups is 1. The largest absolute Gasteiger partial charge is 0.366 e. The molecule has 0 aliphatic carbocycles. The SMILES string of the molecule is O=C1C(c2ccc(Cl)cc2Cl)=C(N2CCCC2)C(=O)N1c1ccc(Cl)cc1. The van der Waals surface area contributed by atoms with Crippen LogP contribution in [0.4, 0.5) is 5.69 Å². The van der Waals surface area contributed by atoms with E-state index in [-0.39, 0.29) is 5.91 Å². The second kappa shape index (κ2) is 7.19. The second-order valence-corrected chi connectivity index (χ2v) is 7.74. The van der Waals surface area contributed by atoms with Gasteiger partial charge in [0, 0.05) is 28.7 Å². The van der Waals surface area contributed by atoms with Crippen LogP contribution in [0.15, 0.2) is 48.2 Å². The highest BCUT2D eigenvalue weighted by molar-refractivity contribution is 6.47. The van der Waals surface area contributed by atoms with Crippen molar-refractivity contribution in [2.45, 2.75) is 12.8 Å². The summed E-state index contributed by atoms with van der Waals surface area (Å²) in [5, 5.41) is 1.35. The van der Waals surface area contributed by atoms with Crippen molar-refractivity contribution in [3.05, 3.63) is 68.8 Å². The molecule has 2 aromatic rings. The number of hydrogen-bond acceptors (Lipinski definition) is 3. The normalized spacial score (nSPS) is 17.4. The van der Waals surface area contributed by atoms with Crippen molar-refractivity contribution in [2.75, 3.05) is 18.0 Å². The first-order valence-electron chi connectivity index (χ1n) is 8.56. The summed E-state index contributed by atoms with van der Waals surface area (Å²) in [4.78, 5) is 29.7. The van der Waals surface area contributed by atoms with Gasteiger partial charge in [-0.2, -0.15) is 0 Å². The van der Waals surface area contributed by atoms with E-state index in [2.05, 4.69) is 0 Å². The van der Waals surface area contributed by atoms with Crippen molar-refractivity contribution >= 4 is 57.9 Å². The van der Waals surface area contributed by atoms with E-state index in [9.17, 15) is 9.59 Å². The molecule has 7 heteroatoms. The number of likely N-dealkylation sites (tertiary alicyclic amines) is 1. The van der Waals surface area contributed by atoms with Crippen molar-refractivity contribution in [1.82, 2.24) is 4.90 Å². The highest BCUT2D eigenvalue weighted by Gasteiger charge is 2.43. The number of benzene rings is 2. The van der Waals surface area contributed by atoms with E-state index in [0.717, 1.165) is 25.9 Å². The average Bonchev–Trinajstić information content (AvgIpc) is 3.23. The van der Waals surface area contributed by atoms with E-state index < -0.39 is 5.91 Å². The van der Waals surface area contributed by atoms with Crippen LogP contribution in [0.2, 0.25) is 15.1 Å². The van der Waals surface area contributed by atoms with Gasteiger partial charge in [0.15, 0.2) is 0 Å². The molecule has 4 nitrogen and oxygen atoms in total. The Kier molecular flexibility index (Phi) is 4.89. The van der Waals surface area contributed by atoms with Gasteiger partial charge in [-0.1, -0.05) is 40.9 Å². The number of halogens is 3. The molecule has 1 fully saturated rings. The summed E-state index contributed by atoms with van der Waals surface area (Å²) in [6.07, 6.45) is 1.96. The summed E-state index contributed by atoms with van der Waals surface area (Å²) < 4.78 is 0. The number of nitrogens with zero attached hydrogens (tertiary/aromatic N) is 2. The van der Waals surface area contributed by atoms with Gasteiger partial charge in [-0.25, -0.2) is 4.90 Å². The van der Waals surface area contributed by atoms with Crippen LogP contribution in [-0.2, 0) is 9.59 Å². The molecule has 2 amide bonds. The van der Waals surface area contributed by atoms with Gasteiger partial charge >= 0.3 is 0 Å². The predicted octanol–water partition coefficient (Wildman–Crippen LogP) is 5.03. The fourth-order valence-corrected chi connectivity index (χ4v) is 4.14. The zero-order valence-electron chi connectivity index (χ0n) is 14.2.